The molecule has 0 radical (unpaired) electrons. The highest BCUT2D eigenvalue weighted by Gasteiger charge is 2.52. The number of methoxy groups -OCH3 is 1. The topological polar surface area (TPSA) is 101 Å². The Morgan fingerprint density at radius 1 is 0.692 bits per heavy atom. The summed E-state index contributed by atoms with van der Waals surface area (Å²) in [4.78, 5) is 40.6. The molecule has 0 N–H and O–H groups in total. The second kappa shape index (κ2) is 13.1. The first kappa shape index (κ1) is 28.0. The molecule has 0 aliphatic carbocycles. The van der Waals surface area contributed by atoms with Crippen LogP contribution in [0.5, 0.6) is 0 Å². The van der Waals surface area contributed by atoms with Crippen LogP contribution in [0.2, 0.25) is 0 Å². The summed E-state index contributed by atoms with van der Waals surface area (Å²) in [5.41, 5.74) is 1.05. The molecule has 4 rings (SSSR count). The molecule has 3 aromatic carbocycles. The summed E-state index contributed by atoms with van der Waals surface area (Å²) >= 11 is 0. The highest BCUT2D eigenvalue weighted by molar-refractivity contribution is 5.90. The van der Waals surface area contributed by atoms with Crippen LogP contribution < -0.4 is 0 Å². The fourth-order valence-corrected chi connectivity index (χ4v) is 4.42. The van der Waals surface area contributed by atoms with Gasteiger partial charge in [0, 0.05) is 7.11 Å². The maximum Gasteiger partial charge on any atom is 0.338 e. The molecule has 1 heterocycles. The van der Waals surface area contributed by atoms with Crippen molar-refractivity contribution in [2.75, 3.05) is 27.8 Å². The Balaban J connectivity index is 1.62. The molecule has 1 fully saturated rings. The standard InChI is InChI=1S/C30H31NO8/c1-31(2)24-25(38-28(33)21-15-9-5-10-16-21)23(19-36-27(32)20-13-7-4-8-14-20)37-30(35-3)26(24)39-29(34)22-17-11-6-12-18-22/h4-18,23-26,30H,19H2,1-3H3. The first-order valence-electron chi connectivity index (χ1n) is 12.5. The average molecular weight is 534 g/mol. The van der Waals surface area contributed by atoms with Gasteiger partial charge in [0.1, 0.15) is 12.7 Å². The Labute approximate surface area is 227 Å². The molecule has 1 aliphatic heterocycles. The lowest BCUT2D eigenvalue weighted by Crippen LogP contribution is -2.65. The summed E-state index contributed by atoms with van der Waals surface area (Å²) in [5.74, 6) is -1.74. The normalized spacial score (nSPS) is 22.6. The minimum absolute atomic E-state index is 0.232. The van der Waals surface area contributed by atoms with E-state index in [9.17, 15) is 14.4 Å². The lowest BCUT2D eigenvalue weighted by Gasteiger charge is -2.47. The minimum atomic E-state index is -1.03. The maximum atomic E-state index is 13.1. The van der Waals surface area contributed by atoms with Crippen molar-refractivity contribution in [3.05, 3.63) is 108 Å². The third kappa shape index (κ3) is 6.88. The van der Waals surface area contributed by atoms with Gasteiger partial charge in [-0.3, -0.25) is 4.90 Å². The number of rotatable bonds is 9. The van der Waals surface area contributed by atoms with Crippen molar-refractivity contribution in [2.45, 2.75) is 30.6 Å². The molecule has 1 aliphatic rings. The third-order valence-corrected chi connectivity index (χ3v) is 6.34. The van der Waals surface area contributed by atoms with Crippen LogP contribution in [0.1, 0.15) is 31.1 Å². The quantitative estimate of drug-likeness (QED) is 0.302. The van der Waals surface area contributed by atoms with E-state index in [1.54, 1.807) is 110 Å². The summed E-state index contributed by atoms with van der Waals surface area (Å²) in [6.45, 7) is -0.232. The van der Waals surface area contributed by atoms with Crippen LogP contribution in [0.25, 0.3) is 0 Å². The zero-order chi connectivity index (χ0) is 27.8. The molecule has 0 amide bonds. The Kier molecular flexibility index (Phi) is 9.43. The Morgan fingerprint density at radius 3 is 1.56 bits per heavy atom. The van der Waals surface area contributed by atoms with Gasteiger partial charge >= 0.3 is 17.9 Å². The summed E-state index contributed by atoms with van der Waals surface area (Å²) < 4.78 is 29.1. The highest BCUT2D eigenvalue weighted by atomic mass is 16.7. The molecule has 5 unspecified atom stereocenters. The fraction of sp³-hybridized carbons (Fsp3) is 0.300. The largest absolute Gasteiger partial charge is 0.459 e. The molecule has 1 saturated heterocycles. The van der Waals surface area contributed by atoms with Gasteiger partial charge in [-0.1, -0.05) is 54.6 Å². The fourth-order valence-electron chi connectivity index (χ4n) is 4.42. The monoisotopic (exact) mass is 533 g/mol. The van der Waals surface area contributed by atoms with Crippen LogP contribution >= 0.6 is 0 Å². The van der Waals surface area contributed by atoms with Crippen molar-refractivity contribution in [2.24, 2.45) is 0 Å². The van der Waals surface area contributed by atoms with E-state index in [0.717, 1.165) is 0 Å². The summed E-state index contributed by atoms with van der Waals surface area (Å²) in [7, 11) is 4.95. The number of likely N-dealkylation sites (N-methyl/N-ethyl adjacent to an activating group) is 1. The number of nitrogens with zero attached hydrogens (tertiary/aromatic N) is 1. The van der Waals surface area contributed by atoms with Crippen LogP contribution in [-0.2, 0) is 23.7 Å². The summed E-state index contributed by atoms with van der Waals surface area (Å²) in [6, 6.07) is 24.8. The zero-order valence-electron chi connectivity index (χ0n) is 22.0. The van der Waals surface area contributed by atoms with Crippen LogP contribution in [-0.4, -0.2) is 81.3 Å². The molecule has 0 bridgehead atoms. The van der Waals surface area contributed by atoms with Crippen molar-refractivity contribution in [1.29, 1.82) is 0 Å². The molecule has 39 heavy (non-hydrogen) atoms. The minimum Gasteiger partial charge on any atom is -0.459 e. The predicted octanol–water partition coefficient (Wildman–Crippen LogP) is 3.60. The van der Waals surface area contributed by atoms with Crippen molar-refractivity contribution in [3.63, 3.8) is 0 Å². The van der Waals surface area contributed by atoms with Gasteiger partial charge in [0.25, 0.3) is 0 Å². The van der Waals surface area contributed by atoms with E-state index in [-0.39, 0.29) is 6.61 Å². The molecular weight excluding hydrogens is 502 g/mol. The summed E-state index contributed by atoms with van der Waals surface area (Å²) in [5, 5.41) is 0. The number of carbonyl (C=O) groups excluding carboxylic acids is 3. The SMILES string of the molecule is COC1OC(COC(=O)c2ccccc2)C(OC(=O)c2ccccc2)C(N(C)C)C1OC(=O)c1ccccc1. The van der Waals surface area contributed by atoms with Gasteiger partial charge in [-0.15, -0.1) is 0 Å². The smallest absolute Gasteiger partial charge is 0.338 e. The molecule has 0 aromatic heterocycles. The van der Waals surface area contributed by atoms with Gasteiger partial charge in [-0.05, 0) is 50.5 Å². The third-order valence-electron chi connectivity index (χ3n) is 6.34. The second-order valence-electron chi connectivity index (χ2n) is 9.17. The Morgan fingerprint density at radius 2 is 1.13 bits per heavy atom. The van der Waals surface area contributed by atoms with Gasteiger partial charge in [-0.2, -0.15) is 0 Å². The van der Waals surface area contributed by atoms with Gasteiger partial charge in [0.05, 0.1) is 22.7 Å². The maximum absolute atomic E-state index is 13.1. The van der Waals surface area contributed by atoms with Crippen molar-refractivity contribution in [1.82, 2.24) is 4.90 Å². The average Bonchev–Trinajstić information content (AvgIpc) is 2.97. The first-order valence-corrected chi connectivity index (χ1v) is 12.5. The lowest BCUT2D eigenvalue weighted by molar-refractivity contribution is -0.279. The van der Waals surface area contributed by atoms with Gasteiger partial charge < -0.3 is 23.7 Å². The number of esters is 3. The van der Waals surface area contributed by atoms with E-state index in [1.165, 1.54) is 7.11 Å². The van der Waals surface area contributed by atoms with Crippen molar-refractivity contribution >= 4 is 17.9 Å². The predicted molar refractivity (Wildman–Crippen MR) is 141 cm³/mol. The van der Waals surface area contributed by atoms with Crippen molar-refractivity contribution in [3.8, 4) is 0 Å². The van der Waals surface area contributed by atoms with E-state index in [2.05, 4.69) is 0 Å². The second-order valence-corrected chi connectivity index (χ2v) is 9.17. The van der Waals surface area contributed by atoms with Crippen molar-refractivity contribution < 1.29 is 38.1 Å². The number of hydrogen-bond acceptors (Lipinski definition) is 9. The highest BCUT2D eigenvalue weighted by Crippen LogP contribution is 2.31. The van der Waals surface area contributed by atoms with E-state index in [4.69, 9.17) is 23.7 Å². The molecular formula is C30H31NO8. The zero-order valence-corrected chi connectivity index (χ0v) is 22.0. The molecule has 5 atom stereocenters. The number of carbonyl (C=O) groups is 3. The first-order chi connectivity index (χ1) is 18.9. The lowest BCUT2D eigenvalue weighted by atomic mass is 9.94. The van der Waals surface area contributed by atoms with Crippen LogP contribution in [0, 0.1) is 0 Å². The number of hydrogen-bond donors (Lipinski definition) is 0. The number of ether oxygens (including phenoxy) is 5. The number of benzene rings is 3. The molecule has 9 nitrogen and oxygen atoms in total. The van der Waals surface area contributed by atoms with Gasteiger partial charge in [0.15, 0.2) is 18.5 Å². The molecule has 0 spiro atoms. The van der Waals surface area contributed by atoms with Gasteiger partial charge in [-0.25, -0.2) is 14.4 Å². The van der Waals surface area contributed by atoms with Crippen LogP contribution in [0.3, 0.4) is 0 Å². The molecule has 0 saturated carbocycles. The Bertz CT molecular complexity index is 1240. The van der Waals surface area contributed by atoms with E-state index < -0.39 is 48.6 Å². The van der Waals surface area contributed by atoms with E-state index in [0.29, 0.717) is 16.7 Å². The van der Waals surface area contributed by atoms with Crippen LogP contribution in [0.15, 0.2) is 91.0 Å². The Hall–Kier alpha value is -4.05. The van der Waals surface area contributed by atoms with E-state index in [1.807, 2.05) is 0 Å². The molecule has 3 aromatic rings. The van der Waals surface area contributed by atoms with Crippen LogP contribution in [0.4, 0.5) is 0 Å². The summed E-state index contributed by atoms with van der Waals surface area (Å²) in [6.07, 6.45) is -3.92. The molecule has 204 valence electrons. The van der Waals surface area contributed by atoms with Gasteiger partial charge in [0.2, 0.25) is 0 Å². The molecule has 9 heteroatoms. The van der Waals surface area contributed by atoms with E-state index >= 15 is 0 Å².